The van der Waals surface area contributed by atoms with Gasteiger partial charge in [0.25, 0.3) is 0 Å². The zero-order valence-electron chi connectivity index (χ0n) is 16.1. The van der Waals surface area contributed by atoms with Crippen LogP contribution in [-0.4, -0.2) is 43.7 Å². The van der Waals surface area contributed by atoms with Crippen LogP contribution < -0.4 is 5.43 Å². The number of hydrogen-bond donors (Lipinski definition) is 1. The molecule has 1 aliphatic heterocycles. The molecule has 2 aromatic rings. The average molecular weight is 421 g/mol. The Balaban J connectivity index is 1.63. The number of ether oxygens (including phenoxy) is 3. The molecule has 0 radical (unpaired) electrons. The van der Waals surface area contributed by atoms with Crippen LogP contribution in [0.5, 0.6) is 0 Å². The lowest BCUT2D eigenvalue weighted by atomic mass is 10.1. The molecule has 29 heavy (non-hydrogen) atoms. The maximum absolute atomic E-state index is 12.0. The van der Waals surface area contributed by atoms with E-state index in [9.17, 15) is 9.59 Å². The normalized spacial score (nSPS) is 15.6. The number of amides is 1. The van der Waals surface area contributed by atoms with Crippen molar-refractivity contribution in [3.05, 3.63) is 46.7 Å². The van der Waals surface area contributed by atoms with Crippen LogP contribution in [0.15, 0.2) is 39.9 Å². The third-order valence-corrected chi connectivity index (χ3v) is 4.46. The number of esters is 1. The number of rotatable bonds is 7. The summed E-state index contributed by atoms with van der Waals surface area (Å²) in [5.41, 5.74) is 3.33. The highest BCUT2D eigenvalue weighted by Gasteiger charge is 2.33. The number of halogens is 1. The monoisotopic (exact) mass is 420 g/mol. The SMILES string of the molecule is CCOC(=O)c1cc(-c2ccc(/C=N\NC(=O)CC3(C)OCCO3)o2)ccc1Cl. The van der Waals surface area contributed by atoms with Crippen molar-refractivity contribution >= 4 is 29.7 Å². The van der Waals surface area contributed by atoms with E-state index in [4.69, 9.17) is 30.2 Å². The van der Waals surface area contributed by atoms with Gasteiger partial charge in [-0.1, -0.05) is 11.6 Å². The van der Waals surface area contributed by atoms with Crippen LogP contribution >= 0.6 is 11.6 Å². The van der Waals surface area contributed by atoms with Gasteiger partial charge in [-0.3, -0.25) is 4.79 Å². The first-order valence-electron chi connectivity index (χ1n) is 9.07. The third-order valence-electron chi connectivity index (χ3n) is 4.13. The summed E-state index contributed by atoms with van der Waals surface area (Å²) in [5.74, 6) is -0.816. The number of carbonyl (C=O) groups excluding carboxylic acids is 2. The highest BCUT2D eigenvalue weighted by molar-refractivity contribution is 6.33. The minimum Gasteiger partial charge on any atom is -0.462 e. The van der Waals surface area contributed by atoms with Gasteiger partial charge in [0, 0.05) is 5.56 Å². The quantitative estimate of drug-likeness (QED) is 0.418. The predicted molar refractivity (Wildman–Crippen MR) is 106 cm³/mol. The van der Waals surface area contributed by atoms with Crippen LogP contribution in [0.1, 0.15) is 36.4 Å². The summed E-state index contributed by atoms with van der Waals surface area (Å²) >= 11 is 6.08. The van der Waals surface area contributed by atoms with Crippen molar-refractivity contribution in [1.29, 1.82) is 0 Å². The summed E-state index contributed by atoms with van der Waals surface area (Å²) < 4.78 is 21.5. The number of carbonyl (C=O) groups is 2. The smallest absolute Gasteiger partial charge is 0.339 e. The van der Waals surface area contributed by atoms with Gasteiger partial charge in [0.15, 0.2) is 5.79 Å². The lowest BCUT2D eigenvalue weighted by Crippen LogP contribution is -2.33. The number of furan rings is 1. The van der Waals surface area contributed by atoms with Gasteiger partial charge in [-0.15, -0.1) is 0 Å². The molecule has 0 unspecified atom stereocenters. The lowest BCUT2D eigenvalue weighted by Gasteiger charge is -2.20. The highest BCUT2D eigenvalue weighted by atomic mass is 35.5. The second-order valence-corrected chi connectivity index (χ2v) is 6.82. The lowest BCUT2D eigenvalue weighted by molar-refractivity contribution is -0.159. The van der Waals surface area contributed by atoms with E-state index in [0.29, 0.717) is 35.3 Å². The molecule has 2 heterocycles. The summed E-state index contributed by atoms with van der Waals surface area (Å²) in [6.45, 7) is 4.61. The Kier molecular flexibility index (Phi) is 6.68. The Morgan fingerprint density at radius 3 is 2.76 bits per heavy atom. The first-order chi connectivity index (χ1) is 13.9. The van der Waals surface area contributed by atoms with Crippen LogP contribution in [0.2, 0.25) is 5.02 Å². The minimum absolute atomic E-state index is 0.0369. The van der Waals surface area contributed by atoms with Crippen molar-refractivity contribution < 1.29 is 28.2 Å². The molecule has 3 rings (SSSR count). The molecule has 0 atom stereocenters. The van der Waals surface area contributed by atoms with Crippen LogP contribution in [0.3, 0.4) is 0 Å². The fraction of sp³-hybridized carbons (Fsp3) is 0.350. The number of benzene rings is 1. The fourth-order valence-electron chi connectivity index (χ4n) is 2.78. The molecule has 1 N–H and O–H groups in total. The van der Waals surface area contributed by atoms with E-state index in [1.165, 1.54) is 6.21 Å². The molecule has 1 amide bonds. The van der Waals surface area contributed by atoms with Crippen LogP contribution in [0, 0.1) is 0 Å². The van der Waals surface area contributed by atoms with Crippen molar-refractivity contribution in [3.8, 4) is 11.3 Å². The van der Waals surface area contributed by atoms with E-state index in [2.05, 4.69) is 10.5 Å². The largest absolute Gasteiger partial charge is 0.462 e. The van der Waals surface area contributed by atoms with Crippen molar-refractivity contribution in [1.82, 2.24) is 5.43 Å². The maximum atomic E-state index is 12.0. The van der Waals surface area contributed by atoms with E-state index in [1.807, 2.05) is 0 Å². The summed E-state index contributed by atoms with van der Waals surface area (Å²) in [7, 11) is 0. The number of hydrogen-bond acceptors (Lipinski definition) is 7. The minimum atomic E-state index is -0.914. The Morgan fingerprint density at radius 2 is 2.03 bits per heavy atom. The molecule has 1 saturated heterocycles. The highest BCUT2D eigenvalue weighted by Crippen LogP contribution is 2.27. The van der Waals surface area contributed by atoms with Gasteiger partial charge in [-0.05, 0) is 44.2 Å². The van der Waals surface area contributed by atoms with Gasteiger partial charge >= 0.3 is 5.97 Å². The van der Waals surface area contributed by atoms with Gasteiger partial charge in [0.1, 0.15) is 11.5 Å². The van der Waals surface area contributed by atoms with Crippen LogP contribution in [-0.2, 0) is 19.0 Å². The molecule has 9 heteroatoms. The molecule has 1 aromatic heterocycles. The van der Waals surface area contributed by atoms with Crippen LogP contribution in [0.4, 0.5) is 0 Å². The first kappa shape index (κ1) is 21.0. The van der Waals surface area contributed by atoms with Gasteiger partial charge in [0.05, 0.1) is 43.0 Å². The van der Waals surface area contributed by atoms with E-state index in [0.717, 1.165) is 0 Å². The zero-order chi connectivity index (χ0) is 20.9. The van der Waals surface area contributed by atoms with E-state index in [1.54, 1.807) is 44.2 Å². The molecule has 0 saturated carbocycles. The molecular formula is C20H21ClN2O6. The second kappa shape index (κ2) is 9.21. The molecule has 1 aliphatic rings. The van der Waals surface area contributed by atoms with Gasteiger partial charge in [0.2, 0.25) is 5.91 Å². The van der Waals surface area contributed by atoms with Crippen molar-refractivity contribution in [3.63, 3.8) is 0 Å². The molecule has 8 nitrogen and oxygen atoms in total. The number of nitrogens with zero attached hydrogens (tertiary/aromatic N) is 1. The zero-order valence-corrected chi connectivity index (χ0v) is 16.8. The Morgan fingerprint density at radius 1 is 1.28 bits per heavy atom. The first-order valence-corrected chi connectivity index (χ1v) is 9.45. The van der Waals surface area contributed by atoms with Crippen LogP contribution in [0.25, 0.3) is 11.3 Å². The van der Waals surface area contributed by atoms with Gasteiger partial charge in [-0.2, -0.15) is 5.10 Å². The number of hydrazone groups is 1. The molecule has 1 fully saturated rings. The summed E-state index contributed by atoms with van der Waals surface area (Å²) in [5, 5.41) is 4.18. The molecule has 154 valence electrons. The van der Waals surface area contributed by atoms with E-state index < -0.39 is 11.8 Å². The molecule has 0 bridgehead atoms. The van der Waals surface area contributed by atoms with Crippen molar-refractivity contribution in [2.45, 2.75) is 26.1 Å². The van der Waals surface area contributed by atoms with Crippen molar-refractivity contribution in [2.24, 2.45) is 5.10 Å². The van der Waals surface area contributed by atoms with Crippen molar-refractivity contribution in [2.75, 3.05) is 19.8 Å². The molecule has 1 aromatic carbocycles. The summed E-state index contributed by atoms with van der Waals surface area (Å²) in [4.78, 5) is 23.9. The predicted octanol–water partition coefficient (Wildman–Crippen LogP) is 3.38. The molecular weight excluding hydrogens is 400 g/mol. The summed E-state index contributed by atoms with van der Waals surface area (Å²) in [6.07, 6.45) is 1.41. The fourth-order valence-corrected chi connectivity index (χ4v) is 2.97. The maximum Gasteiger partial charge on any atom is 0.339 e. The Hall–Kier alpha value is -2.68. The third kappa shape index (κ3) is 5.44. The summed E-state index contributed by atoms with van der Waals surface area (Å²) in [6, 6.07) is 8.35. The molecule has 0 aliphatic carbocycles. The second-order valence-electron chi connectivity index (χ2n) is 6.42. The van der Waals surface area contributed by atoms with E-state index >= 15 is 0 Å². The van der Waals surface area contributed by atoms with Gasteiger partial charge < -0.3 is 18.6 Å². The average Bonchev–Trinajstić information content (AvgIpc) is 3.31. The Labute approximate surface area is 172 Å². The number of nitrogens with one attached hydrogen (secondary N) is 1. The Bertz CT molecular complexity index is 917. The van der Waals surface area contributed by atoms with Gasteiger partial charge in [-0.25, -0.2) is 10.2 Å². The van der Waals surface area contributed by atoms with E-state index in [-0.39, 0.29) is 24.5 Å². The standard InChI is InChI=1S/C20H21ClN2O6/c1-3-26-19(25)15-10-13(4-6-16(15)21)17-7-5-14(29-17)12-22-23-18(24)11-20(2)27-8-9-28-20/h4-7,10,12H,3,8-9,11H2,1-2H3,(H,23,24)/b22-12-. The molecule has 0 spiro atoms. The topological polar surface area (TPSA) is 99.4 Å².